The van der Waals surface area contributed by atoms with Gasteiger partial charge in [0, 0.05) is 0 Å². The van der Waals surface area contributed by atoms with Gasteiger partial charge in [-0.3, -0.25) is 0 Å². The summed E-state index contributed by atoms with van der Waals surface area (Å²) < 4.78 is 0. The quantitative estimate of drug-likeness (QED) is 0.401. The molecule has 0 aromatic carbocycles. The van der Waals surface area contributed by atoms with Gasteiger partial charge in [0.25, 0.3) is 0 Å². The van der Waals surface area contributed by atoms with E-state index >= 15 is 0 Å². The van der Waals surface area contributed by atoms with Crippen LogP contribution < -0.4 is 0 Å². The van der Waals surface area contributed by atoms with Crippen molar-refractivity contribution in [2.45, 2.75) is 32.6 Å². The van der Waals surface area contributed by atoms with Crippen molar-refractivity contribution in [3.8, 4) is 0 Å². The molecule has 0 aromatic heterocycles. The zero-order valence-corrected chi connectivity index (χ0v) is 6.32. The third-order valence-electron chi connectivity index (χ3n) is 1.08. The van der Waals surface area contributed by atoms with E-state index in [-0.39, 0.29) is 0 Å². The van der Waals surface area contributed by atoms with Crippen LogP contribution in [-0.2, 0) is 0 Å². The highest BCUT2D eigenvalue weighted by atomic mass is 31.0. The number of rotatable bonds is 4. The van der Waals surface area contributed by atoms with Gasteiger partial charge in [0.1, 0.15) is 0 Å². The van der Waals surface area contributed by atoms with Gasteiger partial charge in [-0.2, -0.15) is 0 Å². The second-order valence-electron chi connectivity index (χ2n) is 1.88. The minimum atomic E-state index is 1.19. The third-order valence-corrected chi connectivity index (χ3v) is 1.29. The third kappa shape index (κ3) is 6.17. The van der Waals surface area contributed by atoms with Crippen LogP contribution in [0.1, 0.15) is 32.6 Å². The average molecular weight is 128 g/mol. The number of hydrogen-bond donors (Lipinski definition) is 0. The summed E-state index contributed by atoms with van der Waals surface area (Å²) in [6.07, 6.45) is 7.25. The van der Waals surface area contributed by atoms with E-state index in [9.17, 15) is 0 Å². The first kappa shape index (κ1) is 8.17. The van der Waals surface area contributed by atoms with Crippen LogP contribution in [-0.4, -0.2) is 0 Å². The Balaban J connectivity index is 2.72. The van der Waals surface area contributed by atoms with Crippen molar-refractivity contribution in [2.24, 2.45) is 0 Å². The minimum absolute atomic E-state index is 1.19. The molecule has 0 aromatic rings. The molecule has 0 N–H and O–H groups in total. The van der Waals surface area contributed by atoms with E-state index in [0.717, 1.165) is 0 Å². The molecule has 0 bridgehead atoms. The van der Waals surface area contributed by atoms with Gasteiger partial charge >= 0.3 is 0 Å². The zero-order valence-electron chi connectivity index (χ0n) is 5.43. The van der Waals surface area contributed by atoms with Gasteiger partial charge < -0.3 is 0 Å². The minimum Gasteiger partial charge on any atom is -0.0834 e. The van der Waals surface area contributed by atoms with Crippen LogP contribution in [0.5, 0.6) is 0 Å². The van der Waals surface area contributed by atoms with E-state index in [0.29, 0.717) is 0 Å². The number of hydrogen-bond acceptors (Lipinski definition) is 0. The Labute approximate surface area is 54.6 Å². The normalized spacial score (nSPS) is 10.8. The molecule has 0 aliphatic carbocycles. The molecule has 0 nitrogen and oxygen atoms in total. The highest BCUT2D eigenvalue weighted by molar-refractivity contribution is 7.20. The Hall–Kier alpha value is 0.170. The van der Waals surface area contributed by atoms with Crippen LogP contribution in [0.25, 0.3) is 0 Å². The predicted molar refractivity (Wildman–Crippen MR) is 40.2 cm³/mol. The number of unbranched alkanes of at least 4 members (excludes halogenated alkanes) is 3. The van der Waals surface area contributed by atoms with Gasteiger partial charge in [-0.15, -0.1) is 0 Å². The first-order chi connectivity index (χ1) is 3.91. The predicted octanol–water partition coefficient (Wildman–Crippen LogP) is 3.49. The first-order valence-corrected chi connectivity index (χ1v) is 3.72. The molecule has 0 amide bonds. The fraction of sp³-hybridized carbons (Fsp3) is 0.714. The Morgan fingerprint density at radius 1 is 1.38 bits per heavy atom. The lowest BCUT2D eigenvalue weighted by Crippen LogP contribution is -1.68. The largest absolute Gasteiger partial charge is 0.0834 e. The monoisotopic (exact) mass is 128 g/mol. The highest BCUT2D eigenvalue weighted by Gasteiger charge is 1.78. The molecule has 0 atom stereocenters. The lowest BCUT2D eigenvalue weighted by atomic mass is 10.2. The second-order valence-corrected chi connectivity index (χ2v) is 2.18. The van der Waals surface area contributed by atoms with E-state index in [1.54, 1.807) is 0 Å². The topological polar surface area (TPSA) is 0 Å². The summed E-state index contributed by atoms with van der Waals surface area (Å²) in [7, 11) is 3.94. The molecular formula is C7H13P. The molecule has 0 fully saturated rings. The maximum Gasteiger partial charge on any atom is -0.0146 e. The fourth-order valence-electron chi connectivity index (χ4n) is 0.587. The fourth-order valence-corrected chi connectivity index (χ4v) is 0.736. The zero-order chi connectivity index (χ0) is 6.24. The molecule has 8 heavy (non-hydrogen) atoms. The molecule has 2 radical (unpaired) electrons. The summed E-state index contributed by atoms with van der Waals surface area (Å²) in [6, 6.07) is 0. The van der Waals surface area contributed by atoms with Crippen LogP contribution in [0.3, 0.4) is 0 Å². The Bertz CT molecular complexity index is 57.4. The summed E-state index contributed by atoms with van der Waals surface area (Å²) >= 11 is 0. The van der Waals surface area contributed by atoms with Crippen molar-refractivity contribution in [1.82, 2.24) is 0 Å². The Morgan fingerprint density at radius 3 is 2.62 bits per heavy atom. The lowest BCUT2D eigenvalue weighted by molar-refractivity contribution is 0.729. The molecular weight excluding hydrogens is 115 g/mol. The van der Waals surface area contributed by atoms with Gasteiger partial charge in [-0.05, 0) is 22.1 Å². The maximum atomic E-state index is 3.94. The maximum absolute atomic E-state index is 3.94. The molecule has 0 rings (SSSR count). The van der Waals surface area contributed by atoms with E-state index in [2.05, 4.69) is 22.2 Å². The van der Waals surface area contributed by atoms with Gasteiger partial charge in [0.15, 0.2) is 0 Å². The van der Waals surface area contributed by atoms with Crippen LogP contribution in [0.4, 0.5) is 0 Å². The van der Waals surface area contributed by atoms with Crippen molar-refractivity contribution < 1.29 is 0 Å². The first-order valence-electron chi connectivity index (χ1n) is 3.21. The molecule has 0 saturated carbocycles. The SMILES string of the molecule is CCCCC/C=C/[P]. The summed E-state index contributed by atoms with van der Waals surface area (Å²) in [5.74, 6) is 1.82. The Kier molecular flexibility index (Phi) is 7.32. The van der Waals surface area contributed by atoms with E-state index in [1.165, 1.54) is 25.7 Å². The van der Waals surface area contributed by atoms with Gasteiger partial charge in [-0.25, -0.2) is 0 Å². The van der Waals surface area contributed by atoms with Crippen LogP contribution in [0, 0.1) is 0 Å². The summed E-state index contributed by atoms with van der Waals surface area (Å²) in [6.45, 7) is 2.21. The lowest BCUT2D eigenvalue weighted by Gasteiger charge is -1.88. The van der Waals surface area contributed by atoms with Gasteiger partial charge in [0.05, 0.1) is 0 Å². The van der Waals surface area contributed by atoms with Crippen LogP contribution in [0.15, 0.2) is 11.9 Å². The van der Waals surface area contributed by atoms with Crippen molar-refractivity contribution in [3.63, 3.8) is 0 Å². The molecule has 0 spiro atoms. The summed E-state index contributed by atoms with van der Waals surface area (Å²) in [5, 5.41) is 0. The molecule has 0 aliphatic rings. The summed E-state index contributed by atoms with van der Waals surface area (Å²) in [4.78, 5) is 0. The van der Waals surface area contributed by atoms with Crippen LogP contribution >= 0.6 is 9.24 Å². The standard InChI is InChI=1S/C7H13P/c1-2-3-4-5-6-7-8/h6-7H,2-5H2,1H3/b7-6+. The molecule has 0 heterocycles. The molecule has 0 unspecified atom stereocenters. The van der Waals surface area contributed by atoms with Crippen LogP contribution in [0.2, 0.25) is 0 Å². The van der Waals surface area contributed by atoms with E-state index in [4.69, 9.17) is 0 Å². The van der Waals surface area contributed by atoms with Crippen molar-refractivity contribution in [1.29, 1.82) is 0 Å². The highest BCUT2D eigenvalue weighted by Crippen LogP contribution is 2.00. The molecule has 0 aliphatic heterocycles. The summed E-state index contributed by atoms with van der Waals surface area (Å²) in [5.41, 5.74) is 0. The number of allylic oxidation sites excluding steroid dienone is 1. The Morgan fingerprint density at radius 2 is 2.12 bits per heavy atom. The smallest absolute Gasteiger partial charge is 0.0146 e. The average Bonchev–Trinajstić information content (AvgIpc) is 1.81. The molecule has 46 valence electrons. The molecule has 0 saturated heterocycles. The van der Waals surface area contributed by atoms with Gasteiger partial charge in [-0.1, -0.05) is 31.7 Å². The second kappa shape index (κ2) is 7.17. The van der Waals surface area contributed by atoms with E-state index < -0.39 is 0 Å². The van der Waals surface area contributed by atoms with Crippen molar-refractivity contribution in [2.75, 3.05) is 0 Å². The van der Waals surface area contributed by atoms with E-state index in [1.807, 2.05) is 5.82 Å². The van der Waals surface area contributed by atoms with Crippen molar-refractivity contribution >= 4 is 9.24 Å². The van der Waals surface area contributed by atoms with Crippen molar-refractivity contribution in [3.05, 3.63) is 11.9 Å². The van der Waals surface area contributed by atoms with Gasteiger partial charge in [0.2, 0.25) is 0 Å². The molecule has 1 heteroatoms.